The van der Waals surface area contributed by atoms with Gasteiger partial charge >= 0.3 is 6.09 Å². The van der Waals surface area contributed by atoms with Crippen molar-refractivity contribution >= 4 is 12.0 Å². The molecule has 1 saturated heterocycles. The molecule has 2 amide bonds. The number of hydrogen-bond acceptors (Lipinski definition) is 4. The van der Waals surface area contributed by atoms with Crippen molar-refractivity contribution < 1.29 is 24.2 Å². The molecular formula is C10H18N2O5. The zero-order chi connectivity index (χ0) is 12.8. The van der Waals surface area contributed by atoms with Crippen molar-refractivity contribution in [2.24, 2.45) is 5.92 Å². The Morgan fingerprint density at radius 3 is 2.65 bits per heavy atom. The second kappa shape index (κ2) is 6.41. The lowest BCUT2D eigenvalue weighted by molar-refractivity contribution is -0.131. The Morgan fingerprint density at radius 2 is 2.24 bits per heavy atom. The molecule has 0 spiro atoms. The van der Waals surface area contributed by atoms with Crippen LogP contribution in [0, 0.1) is 5.92 Å². The molecule has 98 valence electrons. The molecule has 1 aliphatic rings. The van der Waals surface area contributed by atoms with Crippen LogP contribution in [0.15, 0.2) is 0 Å². The van der Waals surface area contributed by atoms with E-state index in [0.717, 1.165) is 0 Å². The van der Waals surface area contributed by atoms with E-state index in [-0.39, 0.29) is 11.8 Å². The third-order valence-electron chi connectivity index (χ3n) is 2.80. The number of methoxy groups -OCH3 is 2. The van der Waals surface area contributed by atoms with Gasteiger partial charge in [-0.25, -0.2) is 4.79 Å². The summed E-state index contributed by atoms with van der Waals surface area (Å²) in [6.45, 7) is 0.633. The predicted molar refractivity (Wildman–Crippen MR) is 58.5 cm³/mol. The molecule has 7 heteroatoms. The van der Waals surface area contributed by atoms with Gasteiger partial charge in [0.2, 0.25) is 5.91 Å². The van der Waals surface area contributed by atoms with Crippen LogP contribution in [-0.2, 0) is 14.3 Å². The molecule has 7 nitrogen and oxygen atoms in total. The summed E-state index contributed by atoms with van der Waals surface area (Å²) in [7, 11) is 2.86. The highest BCUT2D eigenvalue weighted by Gasteiger charge is 2.32. The van der Waals surface area contributed by atoms with Gasteiger partial charge in [-0.05, 0) is 12.8 Å². The van der Waals surface area contributed by atoms with E-state index in [1.54, 1.807) is 0 Å². The second-order valence-corrected chi connectivity index (χ2v) is 3.91. The van der Waals surface area contributed by atoms with Crippen LogP contribution >= 0.6 is 0 Å². The predicted octanol–water partition coefficient (Wildman–Crippen LogP) is -0.232. The van der Waals surface area contributed by atoms with Crippen molar-refractivity contribution in [1.82, 2.24) is 10.6 Å². The van der Waals surface area contributed by atoms with Gasteiger partial charge in [-0.15, -0.1) is 0 Å². The maximum Gasteiger partial charge on any atom is 0.405 e. The Kier molecular flexibility index (Phi) is 5.17. The molecule has 1 aliphatic heterocycles. The standard InChI is InChI=1S/C10H18N2O5/c1-16-9(17-2)7(12-10(14)15)5-6-3-4-11-8(6)13/h6-7,9,12H,3-5H2,1-2H3,(H,11,13)(H,14,15). The Labute approximate surface area is 99.5 Å². The summed E-state index contributed by atoms with van der Waals surface area (Å²) < 4.78 is 10.1. The van der Waals surface area contributed by atoms with Gasteiger partial charge in [0, 0.05) is 26.7 Å². The molecule has 1 rings (SSSR count). The van der Waals surface area contributed by atoms with Crippen molar-refractivity contribution in [3.05, 3.63) is 0 Å². The van der Waals surface area contributed by atoms with E-state index in [1.807, 2.05) is 0 Å². The van der Waals surface area contributed by atoms with Crippen molar-refractivity contribution in [3.8, 4) is 0 Å². The van der Waals surface area contributed by atoms with Crippen LogP contribution in [0.4, 0.5) is 4.79 Å². The first-order valence-electron chi connectivity index (χ1n) is 5.41. The van der Waals surface area contributed by atoms with Crippen LogP contribution in [0.25, 0.3) is 0 Å². The van der Waals surface area contributed by atoms with Crippen molar-refractivity contribution in [2.75, 3.05) is 20.8 Å². The molecule has 2 atom stereocenters. The molecular weight excluding hydrogens is 228 g/mol. The lowest BCUT2D eigenvalue weighted by Gasteiger charge is -2.26. The first kappa shape index (κ1) is 13.7. The maximum atomic E-state index is 11.4. The highest BCUT2D eigenvalue weighted by Crippen LogP contribution is 2.18. The molecule has 3 N–H and O–H groups in total. The van der Waals surface area contributed by atoms with E-state index in [9.17, 15) is 9.59 Å². The van der Waals surface area contributed by atoms with Crippen LogP contribution in [0.5, 0.6) is 0 Å². The number of amides is 2. The van der Waals surface area contributed by atoms with Gasteiger partial charge in [0.05, 0.1) is 6.04 Å². The van der Waals surface area contributed by atoms with Crippen molar-refractivity contribution in [2.45, 2.75) is 25.2 Å². The highest BCUT2D eigenvalue weighted by molar-refractivity contribution is 5.80. The third kappa shape index (κ3) is 3.86. The van der Waals surface area contributed by atoms with Gasteiger partial charge in [0.1, 0.15) is 0 Å². The zero-order valence-corrected chi connectivity index (χ0v) is 9.93. The summed E-state index contributed by atoms with van der Waals surface area (Å²) in [6.07, 6.45) is -0.784. The molecule has 0 bridgehead atoms. The molecule has 1 heterocycles. The molecule has 0 radical (unpaired) electrons. The minimum atomic E-state index is -1.16. The van der Waals surface area contributed by atoms with E-state index in [1.165, 1.54) is 14.2 Å². The fraction of sp³-hybridized carbons (Fsp3) is 0.800. The lowest BCUT2D eigenvalue weighted by Crippen LogP contribution is -2.46. The van der Waals surface area contributed by atoms with Crippen LogP contribution in [0.2, 0.25) is 0 Å². The van der Waals surface area contributed by atoms with E-state index in [0.29, 0.717) is 19.4 Å². The molecule has 0 aromatic carbocycles. The maximum absolute atomic E-state index is 11.4. The Hall–Kier alpha value is -1.34. The number of ether oxygens (including phenoxy) is 2. The molecule has 17 heavy (non-hydrogen) atoms. The minimum absolute atomic E-state index is 0.0480. The Morgan fingerprint density at radius 1 is 1.59 bits per heavy atom. The van der Waals surface area contributed by atoms with E-state index >= 15 is 0 Å². The smallest absolute Gasteiger partial charge is 0.405 e. The molecule has 1 fully saturated rings. The largest absolute Gasteiger partial charge is 0.465 e. The van der Waals surface area contributed by atoms with Crippen LogP contribution in [0.3, 0.4) is 0 Å². The van der Waals surface area contributed by atoms with Gasteiger partial charge in [-0.2, -0.15) is 0 Å². The number of carbonyl (C=O) groups is 2. The summed E-state index contributed by atoms with van der Waals surface area (Å²) in [5.74, 6) is -0.243. The summed E-state index contributed by atoms with van der Waals surface area (Å²) >= 11 is 0. The highest BCUT2D eigenvalue weighted by atomic mass is 16.7. The van der Waals surface area contributed by atoms with Gasteiger partial charge in [-0.1, -0.05) is 0 Å². The summed E-state index contributed by atoms with van der Waals surface area (Å²) in [6, 6.07) is -0.559. The van der Waals surface area contributed by atoms with Crippen molar-refractivity contribution in [1.29, 1.82) is 0 Å². The van der Waals surface area contributed by atoms with Gasteiger partial charge in [0.15, 0.2) is 6.29 Å². The number of carboxylic acid groups (broad SMARTS) is 1. The summed E-state index contributed by atoms with van der Waals surface area (Å²) in [4.78, 5) is 22.1. The first-order chi connectivity index (χ1) is 8.08. The lowest BCUT2D eigenvalue weighted by atomic mass is 9.98. The Bertz CT molecular complexity index is 280. The van der Waals surface area contributed by atoms with Crippen LogP contribution in [-0.4, -0.2) is 50.2 Å². The average Bonchev–Trinajstić information content (AvgIpc) is 2.65. The van der Waals surface area contributed by atoms with Gasteiger partial charge in [-0.3, -0.25) is 4.79 Å². The second-order valence-electron chi connectivity index (χ2n) is 3.91. The quantitative estimate of drug-likeness (QED) is 0.562. The van der Waals surface area contributed by atoms with Crippen LogP contribution in [0.1, 0.15) is 12.8 Å². The molecule has 0 aliphatic carbocycles. The molecule has 0 saturated carbocycles. The normalized spacial score (nSPS) is 21.4. The molecule has 0 aromatic rings. The van der Waals surface area contributed by atoms with Gasteiger partial charge < -0.3 is 25.2 Å². The molecule has 2 unspecified atom stereocenters. The van der Waals surface area contributed by atoms with E-state index in [2.05, 4.69) is 10.6 Å². The van der Waals surface area contributed by atoms with Gasteiger partial charge in [0.25, 0.3) is 0 Å². The SMILES string of the molecule is COC(OC)C(CC1CCNC1=O)NC(=O)O. The third-order valence-corrected chi connectivity index (χ3v) is 2.80. The van der Waals surface area contributed by atoms with E-state index in [4.69, 9.17) is 14.6 Å². The number of carbonyl (C=O) groups excluding carboxylic acids is 1. The zero-order valence-electron chi connectivity index (χ0n) is 9.93. The van der Waals surface area contributed by atoms with Crippen molar-refractivity contribution in [3.63, 3.8) is 0 Å². The van der Waals surface area contributed by atoms with Crippen LogP contribution < -0.4 is 10.6 Å². The monoisotopic (exact) mass is 246 g/mol. The number of nitrogens with one attached hydrogen (secondary N) is 2. The van der Waals surface area contributed by atoms with E-state index < -0.39 is 18.4 Å². The average molecular weight is 246 g/mol. The fourth-order valence-electron chi connectivity index (χ4n) is 2.00. The minimum Gasteiger partial charge on any atom is -0.465 e. The first-order valence-corrected chi connectivity index (χ1v) is 5.41. The summed E-state index contributed by atoms with van der Waals surface area (Å²) in [5, 5.41) is 13.8. The topological polar surface area (TPSA) is 96.9 Å². The fourth-order valence-corrected chi connectivity index (χ4v) is 2.00. The number of rotatable bonds is 6. The summed E-state index contributed by atoms with van der Waals surface area (Å²) in [5.41, 5.74) is 0. The Balaban J connectivity index is 2.61. The molecule has 0 aromatic heterocycles. The number of hydrogen-bond donors (Lipinski definition) is 3.